The first-order chi connectivity index (χ1) is 8.29. The molecule has 0 aliphatic heterocycles. The molecule has 2 rings (SSSR count). The van der Waals surface area contributed by atoms with Gasteiger partial charge >= 0.3 is 0 Å². The zero-order chi connectivity index (χ0) is 12.1. The van der Waals surface area contributed by atoms with E-state index in [1.165, 1.54) is 0 Å². The minimum Gasteiger partial charge on any atom is -0.358 e. The predicted molar refractivity (Wildman–Crippen MR) is 70.3 cm³/mol. The smallest absolute Gasteiger partial charge is 0.207 e. The van der Waals surface area contributed by atoms with Crippen LogP contribution in [0.25, 0.3) is 11.3 Å². The minimum absolute atomic E-state index is 0.622. The number of amides is 1. The molecule has 0 spiro atoms. The number of rotatable bonds is 5. The number of benzene rings is 1. The van der Waals surface area contributed by atoms with Gasteiger partial charge in [0.15, 0.2) is 0 Å². The van der Waals surface area contributed by atoms with E-state index in [-0.39, 0.29) is 0 Å². The average molecular weight is 267 g/mol. The van der Waals surface area contributed by atoms with Crippen LogP contribution in [-0.4, -0.2) is 17.9 Å². The van der Waals surface area contributed by atoms with E-state index in [9.17, 15) is 4.79 Å². The number of halogens is 1. The van der Waals surface area contributed by atoms with Crippen molar-refractivity contribution in [3.63, 3.8) is 0 Å². The molecule has 1 aromatic carbocycles. The number of carbonyl (C=O) groups is 1. The van der Waals surface area contributed by atoms with E-state index in [0.717, 1.165) is 27.7 Å². The standard InChI is InChI=1S/C12H11ClN2OS/c13-10-3-1-9(2-4-10)11-7-17-12(15-11)5-6-14-8-16/h1-4,7-8H,5-6H2,(H,14,16). The van der Waals surface area contributed by atoms with E-state index >= 15 is 0 Å². The molecule has 3 nitrogen and oxygen atoms in total. The summed E-state index contributed by atoms with van der Waals surface area (Å²) in [7, 11) is 0. The lowest BCUT2D eigenvalue weighted by atomic mass is 10.2. The maximum Gasteiger partial charge on any atom is 0.207 e. The van der Waals surface area contributed by atoms with Gasteiger partial charge in [-0.15, -0.1) is 11.3 Å². The largest absolute Gasteiger partial charge is 0.358 e. The highest BCUT2D eigenvalue weighted by Gasteiger charge is 2.04. The summed E-state index contributed by atoms with van der Waals surface area (Å²) in [6.07, 6.45) is 1.46. The first-order valence-corrected chi connectivity index (χ1v) is 6.43. The van der Waals surface area contributed by atoms with E-state index < -0.39 is 0 Å². The van der Waals surface area contributed by atoms with Gasteiger partial charge in [0.25, 0.3) is 0 Å². The summed E-state index contributed by atoms with van der Waals surface area (Å²) >= 11 is 7.43. The lowest BCUT2D eigenvalue weighted by Crippen LogP contribution is -2.14. The van der Waals surface area contributed by atoms with Crippen LogP contribution in [-0.2, 0) is 11.2 Å². The Morgan fingerprint density at radius 1 is 1.35 bits per heavy atom. The van der Waals surface area contributed by atoms with Crippen LogP contribution < -0.4 is 5.32 Å². The van der Waals surface area contributed by atoms with Gasteiger partial charge in [0, 0.05) is 28.9 Å². The molecule has 0 aliphatic rings. The third-order valence-corrected chi connectivity index (χ3v) is 3.42. The lowest BCUT2D eigenvalue weighted by molar-refractivity contribution is -0.109. The molecular formula is C12H11ClN2OS. The summed E-state index contributed by atoms with van der Waals surface area (Å²) < 4.78 is 0. The normalized spacial score (nSPS) is 10.2. The molecule has 1 amide bonds. The Morgan fingerprint density at radius 3 is 2.82 bits per heavy atom. The van der Waals surface area contributed by atoms with Crippen molar-refractivity contribution in [3.8, 4) is 11.3 Å². The fraction of sp³-hybridized carbons (Fsp3) is 0.167. The quantitative estimate of drug-likeness (QED) is 0.668. The van der Waals surface area contributed by atoms with Crippen LogP contribution in [0.5, 0.6) is 0 Å². The Kier molecular flexibility index (Phi) is 4.12. The number of nitrogens with zero attached hydrogens (tertiary/aromatic N) is 1. The summed E-state index contributed by atoms with van der Waals surface area (Å²) in [6.45, 7) is 0.622. The first kappa shape index (κ1) is 12.1. The van der Waals surface area contributed by atoms with E-state index in [1.807, 2.05) is 29.6 Å². The molecule has 2 aromatic rings. The van der Waals surface area contributed by atoms with Crippen LogP contribution >= 0.6 is 22.9 Å². The molecule has 1 aromatic heterocycles. The van der Waals surface area contributed by atoms with Gasteiger partial charge in [0.1, 0.15) is 0 Å². The van der Waals surface area contributed by atoms with Gasteiger partial charge in [-0.3, -0.25) is 4.79 Å². The monoisotopic (exact) mass is 266 g/mol. The number of hydrogen-bond donors (Lipinski definition) is 1. The summed E-state index contributed by atoms with van der Waals surface area (Å²) in [5.41, 5.74) is 2.01. The Balaban J connectivity index is 2.07. The lowest BCUT2D eigenvalue weighted by Gasteiger charge is -1.97. The summed E-state index contributed by atoms with van der Waals surface area (Å²) in [4.78, 5) is 14.6. The van der Waals surface area contributed by atoms with Crippen LogP contribution in [0.2, 0.25) is 5.02 Å². The molecule has 1 heterocycles. The number of aromatic nitrogens is 1. The Hall–Kier alpha value is -1.39. The number of carbonyl (C=O) groups excluding carboxylic acids is 1. The first-order valence-electron chi connectivity index (χ1n) is 5.17. The van der Waals surface area contributed by atoms with Gasteiger partial charge in [-0.2, -0.15) is 0 Å². The Bertz CT molecular complexity index is 495. The molecule has 0 atom stereocenters. The van der Waals surface area contributed by atoms with Crippen LogP contribution in [0.15, 0.2) is 29.6 Å². The van der Waals surface area contributed by atoms with Crippen molar-refractivity contribution in [2.24, 2.45) is 0 Å². The molecule has 0 saturated carbocycles. The zero-order valence-corrected chi connectivity index (χ0v) is 10.6. The van der Waals surface area contributed by atoms with Gasteiger partial charge in [-0.25, -0.2) is 4.98 Å². The molecule has 1 N–H and O–H groups in total. The van der Waals surface area contributed by atoms with E-state index in [1.54, 1.807) is 11.3 Å². The van der Waals surface area contributed by atoms with E-state index in [2.05, 4.69) is 10.3 Å². The molecule has 0 bridgehead atoms. The van der Waals surface area contributed by atoms with Crippen molar-refractivity contribution in [1.82, 2.24) is 10.3 Å². The average Bonchev–Trinajstić information content (AvgIpc) is 2.79. The third kappa shape index (κ3) is 3.28. The van der Waals surface area contributed by atoms with Crippen molar-refractivity contribution < 1.29 is 4.79 Å². The highest BCUT2D eigenvalue weighted by atomic mass is 35.5. The third-order valence-electron chi connectivity index (χ3n) is 2.26. The topological polar surface area (TPSA) is 42.0 Å². The van der Waals surface area contributed by atoms with Crippen molar-refractivity contribution in [3.05, 3.63) is 39.7 Å². The van der Waals surface area contributed by atoms with Crippen LogP contribution in [0, 0.1) is 0 Å². The van der Waals surface area contributed by atoms with Crippen LogP contribution in [0.3, 0.4) is 0 Å². The highest BCUT2D eigenvalue weighted by Crippen LogP contribution is 2.23. The SMILES string of the molecule is O=CNCCc1nc(-c2ccc(Cl)cc2)cs1. The fourth-order valence-corrected chi connectivity index (χ4v) is 2.35. The summed E-state index contributed by atoms with van der Waals surface area (Å²) in [5, 5.41) is 6.37. The molecule has 0 unspecified atom stereocenters. The molecule has 88 valence electrons. The molecular weight excluding hydrogens is 256 g/mol. The van der Waals surface area contributed by atoms with Gasteiger partial charge in [-0.1, -0.05) is 23.7 Å². The van der Waals surface area contributed by atoms with Gasteiger partial charge in [0.2, 0.25) is 6.41 Å². The van der Waals surface area contributed by atoms with Crippen LogP contribution in [0.4, 0.5) is 0 Å². The number of hydrogen-bond acceptors (Lipinski definition) is 3. The van der Waals surface area contributed by atoms with Crippen molar-refractivity contribution in [1.29, 1.82) is 0 Å². The Labute approximate surface area is 108 Å². The molecule has 0 radical (unpaired) electrons. The zero-order valence-electron chi connectivity index (χ0n) is 9.02. The van der Waals surface area contributed by atoms with E-state index in [0.29, 0.717) is 13.0 Å². The molecule has 17 heavy (non-hydrogen) atoms. The summed E-state index contributed by atoms with van der Waals surface area (Å²) in [5.74, 6) is 0. The van der Waals surface area contributed by atoms with Crippen LogP contribution in [0.1, 0.15) is 5.01 Å². The number of thiazole rings is 1. The van der Waals surface area contributed by atoms with E-state index in [4.69, 9.17) is 11.6 Å². The highest BCUT2D eigenvalue weighted by molar-refractivity contribution is 7.09. The second-order valence-corrected chi connectivity index (χ2v) is 4.83. The predicted octanol–water partition coefficient (Wildman–Crippen LogP) is 2.75. The van der Waals surface area contributed by atoms with Crippen molar-refractivity contribution in [2.75, 3.05) is 6.54 Å². The number of nitrogens with one attached hydrogen (secondary N) is 1. The summed E-state index contributed by atoms with van der Waals surface area (Å²) in [6, 6.07) is 7.60. The minimum atomic E-state index is 0.622. The molecule has 0 aliphatic carbocycles. The van der Waals surface area contributed by atoms with Gasteiger partial charge in [-0.05, 0) is 12.1 Å². The second-order valence-electron chi connectivity index (χ2n) is 3.46. The maximum absolute atomic E-state index is 10.1. The fourth-order valence-electron chi connectivity index (χ4n) is 1.42. The van der Waals surface area contributed by atoms with Gasteiger partial charge in [0.05, 0.1) is 10.7 Å². The Morgan fingerprint density at radius 2 is 2.12 bits per heavy atom. The molecule has 0 saturated heterocycles. The van der Waals surface area contributed by atoms with Gasteiger partial charge < -0.3 is 5.32 Å². The molecule has 5 heteroatoms. The molecule has 0 fully saturated rings. The van der Waals surface area contributed by atoms with Crippen molar-refractivity contribution in [2.45, 2.75) is 6.42 Å². The van der Waals surface area contributed by atoms with Crippen molar-refractivity contribution >= 4 is 29.3 Å². The second kappa shape index (κ2) is 5.80. The maximum atomic E-state index is 10.1.